The summed E-state index contributed by atoms with van der Waals surface area (Å²) >= 11 is 0. The summed E-state index contributed by atoms with van der Waals surface area (Å²) in [6.45, 7) is 12.3. The average Bonchev–Trinajstić information content (AvgIpc) is 2.26. The van der Waals surface area contributed by atoms with Crippen LogP contribution in [0.3, 0.4) is 0 Å². The first kappa shape index (κ1) is 26.9. The highest BCUT2D eigenvalue weighted by atomic mass is 14.0. The monoisotopic (exact) mass is 276 g/mol. The summed E-state index contributed by atoms with van der Waals surface area (Å²) in [7, 11) is 0. The Bertz CT molecular complexity index is 428. The number of rotatable bonds is 3. The Kier molecular flexibility index (Phi) is 16.8. The fourth-order valence-electron chi connectivity index (χ4n) is 1.30. The second kappa shape index (κ2) is 12.5. The summed E-state index contributed by atoms with van der Waals surface area (Å²) in [5.41, 5.74) is 6.20. The van der Waals surface area contributed by atoms with E-state index in [9.17, 15) is 0 Å². The van der Waals surface area contributed by atoms with Crippen molar-refractivity contribution in [2.24, 2.45) is 0 Å². The molecule has 0 N–H and O–H groups in total. The SMILES string of the molecule is C.C.C.C.C=C(C)/C(C)=C/C=C(\C)c1ccc(C)cc1. The van der Waals surface area contributed by atoms with Crippen molar-refractivity contribution in [2.75, 3.05) is 0 Å². The molecule has 1 rings (SSSR count). The summed E-state index contributed by atoms with van der Waals surface area (Å²) < 4.78 is 0. The number of hydrogen-bond acceptors (Lipinski definition) is 0. The van der Waals surface area contributed by atoms with Gasteiger partial charge >= 0.3 is 0 Å². The van der Waals surface area contributed by atoms with Crippen molar-refractivity contribution in [3.05, 3.63) is 65.3 Å². The first-order valence-corrected chi connectivity index (χ1v) is 5.59. The van der Waals surface area contributed by atoms with Crippen LogP contribution in [-0.4, -0.2) is 0 Å². The lowest BCUT2D eigenvalue weighted by molar-refractivity contribution is 1.36. The van der Waals surface area contributed by atoms with Crippen LogP contribution in [0.15, 0.2) is 54.1 Å². The lowest BCUT2D eigenvalue weighted by Crippen LogP contribution is -1.80. The van der Waals surface area contributed by atoms with Gasteiger partial charge in [0.15, 0.2) is 0 Å². The Morgan fingerprint density at radius 1 is 0.850 bits per heavy atom. The van der Waals surface area contributed by atoms with E-state index in [1.54, 1.807) is 0 Å². The Morgan fingerprint density at radius 2 is 1.30 bits per heavy atom. The van der Waals surface area contributed by atoms with Gasteiger partial charge < -0.3 is 0 Å². The van der Waals surface area contributed by atoms with Gasteiger partial charge in [-0.2, -0.15) is 0 Å². The fraction of sp³-hybridized carbons (Fsp3) is 0.400. The average molecular weight is 277 g/mol. The van der Waals surface area contributed by atoms with E-state index in [0.717, 1.165) is 5.57 Å². The molecule has 0 atom stereocenters. The topological polar surface area (TPSA) is 0 Å². The molecular formula is C20H36. The van der Waals surface area contributed by atoms with Crippen LogP contribution in [0.5, 0.6) is 0 Å². The van der Waals surface area contributed by atoms with Gasteiger partial charge in [0, 0.05) is 0 Å². The van der Waals surface area contributed by atoms with Crippen molar-refractivity contribution in [3.63, 3.8) is 0 Å². The van der Waals surface area contributed by atoms with Crippen LogP contribution >= 0.6 is 0 Å². The predicted molar refractivity (Wildman–Crippen MR) is 100 cm³/mol. The molecule has 0 aliphatic rings. The van der Waals surface area contributed by atoms with E-state index in [4.69, 9.17) is 0 Å². The van der Waals surface area contributed by atoms with Crippen LogP contribution < -0.4 is 0 Å². The number of allylic oxidation sites excluding steroid dienone is 5. The Morgan fingerprint density at radius 3 is 1.70 bits per heavy atom. The minimum atomic E-state index is 0. The molecule has 0 unspecified atom stereocenters. The van der Waals surface area contributed by atoms with Gasteiger partial charge in [-0.1, -0.05) is 83.8 Å². The van der Waals surface area contributed by atoms with Crippen LogP contribution in [0.2, 0.25) is 0 Å². The molecular weight excluding hydrogens is 240 g/mol. The molecule has 0 aliphatic heterocycles. The predicted octanol–water partition coefficient (Wildman–Crippen LogP) is 7.47. The Balaban J connectivity index is -0.000000320. The van der Waals surface area contributed by atoms with Crippen molar-refractivity contribution < 1.29 is 0 Å². The van der Waals surface area contributed by atoms with Gasteiger partial charge in [0.05, 0.1) is 0 Å². The molecule has 0 aromatic heterocycles. The standard InChI is InChI=1S/C16H20.4CH4/c1-12(2)14(4)8-9-15(5)16-10-6-13(3)7-11-16;;;;/h6-11H,1H2,2-5H3;4*1H4/b14-8+,15-9+;;;;. The van der Waals surface area contributed by atoms with Gasteiger partial charge in [-0.25, -0.2) is 0 Å². The lowest BCUT2D eigenvalue weighted by atomic mass is 10.0. The normalized spacial score (nSPS) is 10.2. The maximum Gasteiger partial charge on any atom is -0.0227 e. The molecule has 1 aromatic rings. The summed E-state index contributed by atoms with van der Waals surface area (Å²) in [5.74, 6) is 0. The zero-order chi connectivity index (χ0) is 12.1. The van der Waals surface area contributed by atoms with Gasteiger partial charge in [0.1, 0.15) is 0 Å². The Labute approximate surface area is 128 Å². The zero-order valence-corrected chi connectivity index (χ0v) is 10.7. The first-order valence-electron chi connectivity index (χ1n) is 5.59. The quantitative estimate of drug-likeness (QED) is 0.502. The molecule has 116 valence electrons. The summed E-state index contributed by atoms with van der Waals surface area (Å²) in [5, 5.41) is 0. The second-order valence-electron chi connectivity index (χ2n) is 4.35. The van der Waals surface area contributed by atoms with Crippen molar-refractivity contribution in [2.45, 2.75) is 57.4 Å². The van der Waals surface area contributed by atoms with E-state index in [-0.39, 0.29) is 29.7 Å². The van der Waals surface area contributed by atoms with E-state index in [1.807, 2.05) is 6.92 Å². The molecule has 0 saturated heterocycles. The second-order valence-corrected chi connectivity index (χ2v) is 4.35. The van der Waals surface area contributed by atoms with Gasteiger partial charge in [-0.05, 0) is 44.4 Å². The van der Waals surface area contributed by atoms with Crippen LogP contribution in [0.25, 0.3) is 5.57 Å². The third-order valence-electron chi connectivity index (χ3n) is 2.76. The fourth-order valence-corrected chi connectivity index (χ4v) is 1.30. The third-order valence-corrected chi connectivity index (χ3v) is 2.76. The molecule has 0 heterocycles. The molecule has 0 amide bonds. The molecule has 0 nitrogen and oxygen atoms in total. The van der Waals surface area contributed by atoms with E-state index in [1.165, 1.54) is 22.3 Å². The molecule has 0 spiro atoms. The summed E-state index contributed by atoms with van der Waals surface area (Å²) in [4.78, 5) is 0. The molecule has 0 bridgehead atoms. The van der Waals surface area contributed by atoms with Crippen LogP contribution in [-0.2, 0) is 0 Å². The molecule has 0 heteroatoms. The largest absolute Gasteiger partial charge is 0.0958 e. The molecule has 20 heavy (non-hydrogen) atoms. The van der Waals surface area contributed by atoms with Gasteiger partial charge in [-0.3, -0.25) is 0 Å². The highest BCUT2D eigenvalue weighted by molar-refractivity contribution is 5.65. The van der Waals surface area contributed by atoms with E-state index >= 15 is 0 Å². The highest BCUT2D eigenvalue weighted by Gasteiger charge is 1.94. The van der Waals surface area contributed by atoms with E-state index in [0.29, 0.717) is 0 Å². The Hall–Kier alpha value is -1.56. The highest BCUT2D eigenvalue weighted by Crippen LogP contribution is 2.15. The van der Waals surface area contributed by atoms with E-state index < -0.39 is 0 Å². The number of benzene rings is 1. The minimum Gasteiger partial charge on any atom is -0.0958 e. The molecule has 0 saturated carbocycles. The van der Waals surface area contributed by atoms with Gasteiger partial charge in [0.25, 0.3) is 0 Å². The first-order chi connectivity index (χ1) is 7.50. The third kappa shape index (κ3) is 8.53. The maximum atomic E-state index is 3.92. The van der Waals surface area contributed by atoms with Crippen LogP contribution in [0.1, 0.15) is 61.6 Å². The molecule has 0 aliphatic carbocycles. The van der Waals surface area contributed by atoms with Crippen molar-refractivity contribution in [3.8, 4) is 0 Å². The summed E-state index contributed by atoms with van der Waals surface area (Å²) in [6.07, 6.45) is 4.27. The molecule has 0 fully saturated rings. The lowest BCUT2D eigenvalue weighted by Gasteiger charge is -2.02. The number of aryl methyl sites for hydroxylation is 1. The van der Waals surface area contributed by atoms with Gasteiger partial charge in [-0.15, -0.1) is 0 Å². The zero-order valence-electron chi connectivity index (χ0n) is 10.7. The van der Waals surface area contributed by atoms with E-state index in [2.05, 4.69) is 63.8 Å². The van der Waals surface area contributed by atoms with Crippen LogP contribution in [0, 0.1) is 6.92 Å². The smallest absolute Gasteiger partial charge is 0.0227 e. The molecule has 0 radical (unpaired) electrons. The van der Waals surface area contributed by atoms with Gasteiger partial charge in [0.2, 0.25) is 0 Å². The maximum absolute atomic E-state index is 3.92. The minimum absolute atomic E-state index is 0. The van der Waals surface area contributed by atoms with Crippen molar-refractivity contribution >= 4 is 5.57 Å². The summed E-state index contributed by atoms with van der Waals surface area (Å²) in [6, 6.07) is 8.60. The van der Waals surface area contributed by atoms with Crippen molar-refractivity contribution in [1.82, 2.24) is 0 Å². The van der Waals surface area contributed by atoms with Crippen molar-refractivity contribution in [1.29, 1.82) is 0 Å². The number of hydrogen-bond donors (Lipinski definition) is 0. The molecule has 1 aromatic carbocycles. The van der Waals surface area contributed by atoms with Crippen LogP contribution in [0.4, 0.5) is 0 Å².